The molecule has 2 fully saturated rings. The number of carbonyl (C=O) groups excluding carboxylic acids is 1. The van der Waals surface area contributed by atoms with E-state index in [1.165, 1.54) is 38.8 Å². The smallest absolute Gasteiger partial charge is 0.220 e. The van der Waals surface area contributed by atoms with Crippen molar-refractivity contribution in [1.29, 1.82) is 0 Å². The molecule has 2 aliphatic heterocycles. The second-order valence-corrected chi connectivity index (χ2v) is 5.71. The molecule has 0 aromatic carbocycles. The first-order valence-electron chi connectivity index (χ1n) is 7.53. The normalized spacial score (nSPS) is 28.0. The number of rotatable bonds is 7. The molecule has 2 aliphatic rings. The molecule has 2 unspecified atom stereocenters. The lowest BCUT2D eigenvalue weighted by Gasteiger charge is -2.28. The van der Waals surface area contributed by atoms with Gasteiger partial charge in [-0.3, -0.25) is 9.69 Å². The van der Waals surface area contributed by atoms with Crippen LogP contribution < -0.4 is 10.6 Å². The van der Waals surface area contributed by atoms with Crippen molar-refractivity contribution < 1.29 is 4.79 Å². The quantitative estimate of drug-likeness (QED) is 0.714. The summed E-state index contributed by atoms with van der Waals surface area (Å²) in [5.41, 5.74) is 0. The van der Waals surface area contributed by atoms with E-state index in [9.17, 15) is 4.79 Å². The molecule has 0 bridgehead atoms. The largest absolute Gasteiger partial charge is 0.352 e. The van der Waals surface area contributed by atoms with Crippen molar-refractivity contribution >= 4 is 5.91 Å². The van der Waals surface area contributed by atoms with Crippen LogP contribution in [0.3, 0.4) is 0 Å². The average Bonchev–Trinajstić information content (AvgIpc) is 2.98. The first-order chi connectivity index (χ1) is 8.78. The second kappa shape index (κ2) is 7.10. The summed E-state index contributed by atoms with van der Waals surface area (Å²) < 4.78 is 0. The minimum absolute atomic E-state index is 0.231. The predicted octanol–water partition coefficient (Wildman–Crippen LogP) is 1.12. The fraction of sp³-hybridized carbons (Fsp3) is 0.929. The Morgan fingerprint density at radius 1 is 1.28 bits per heavy atom. The molecule has 2 atom stereocenters. The van der Waals surface area contributed by atoms with E-state index in [1.54, 1.807) is 0 Å². The highest BCUT2D eigenvalue weighted by atomic mass is 16.1. The maximum absolute atomic E-state index is 11.3. The summed E-state index contributed by atoms with van der Waals surface area (Å²) in [6.07, 6.45) is 6.85. The van der Waals surface area contributed by atoms with E-state index in [1.807, 2.05) is 0 Å². The Morgan fingerprint density at radius 2 is 2.11 bits per heavy atom. The third-order valence-electron chi connectivity index (χ3n) is 4.03. The van der Waals surface area contributed by atoms with Gasteiger partial charge < -0.3 is 10.6 Å². The Kier molecular flexibility index (Phi) is 5.45. The molecule has 0 spiro atoms. The fourth-order valence-electron chi connectivity index (χ4n) is 2.99. The van der Waals surface area contributed by atoms with Gasteiger partial charge in [0.2, 0.25) is 5.91 Å². The number of nitrogens with one attached hydrogen (secondary N) is 2. The van der Waals surface area contributed by atoms with E-state index in [2.05, 4.69) is 22.5 Å². The molecule has 0 aliphatic carbocycles. The van der Waals surface area contributed by atoms with Crippen LogP contribution in [0.2, 0.25) is 0 Å². The van der Waals surface area contributed by atoms with E-state index in [0.29, 0.717) is 18.5 Å². The van der Waals surface area contributed by atoms with Crippen LogP contribution in [0.5, 0.6) is 0 Å². The third kappa shape index (κ3) is 4.25. The van der Waals surface area contributed by atoms with Crippen LogP contribution in [-0.2, 0) is 4.79 Å². The zero-order valence-corrected chi connectivity index (χ0v) is 11.6. The van der Waals surface area contributed by atoms with Crippen LogP contribution in [0.1, 0.15) is 45.4 Å². The SMILES string of the molecule is CCCCN(CC1CCCN1)CC1CCC(=O)N1. The van der Waals surface area contributed by atoms with Gasteiger partial charge in [0.25, 0.3) is 0 Å². The summed E-state index contributed by atoms with van der Waals surface area (Å²) in [5.74, 6) is 0.231. The van der Waals surface area contributed by atoms with Crippen LogP contribution in [0.4, 0.5) is 0 Å². The molecule has 0 saturated carbocycles. The Hall–Kier alpha value is -0.610. The van der Waals surface area contributed by atoms with Crippen LogP contribution in [0, 0.1) is 0 Å². The molecule has 1 amide bonds. The van der Waals surface area contributed by atoms with Gasteiger partial charge in [-0.1, -0.05) is 13.3 Å². The van der Waals surface area contributed by atoms with Crippen molar-refractivity contribution in [2.24, 2.45) is 0 Å². The summed E-state index contributed by atoms with van der Waals surface area (Å²) in [6.45, 7) is 6.76. The van der Waals surface area contributed by atoms with Crippen LogP contribution in [0.25, 0.3) is 0 Å². The fourth-order valence-corrected chi connectivity index (χ4v) is 2.99. The highest BCUT2D eigenvalue weighted by molar-refractivity contribution is 5.78. The van der Waals surface area contributed by atoms with Crippen molar-refractivity contribution in [2.75, 3.05) is 26.2 Å². The molecule has 2 saturated heterocycles. The van der Waals surface area contributed by atoms with Crippen molar-refractivity contribution in [1.82, 2.24) is 15.5 Å². The predicted molar refractivity (Wildman–Crippen MR) is 73.5 cm³/mol. The first kappa shape index (κ1) is 13.8. The lowest BCUT2D eigenvalue weighted by atomic mass is 10.1. The molecular weight excluding hydrogens is 226 g/mol. The maximum Gasteiger partial charge on any atom is 0.220 e. The molecular formula is C14H27N3O. The number of nitrogens with zero attached hydrogens (tertiary/aromatic N) is 1. The molecule has 2 rings (SSSR count). The number of carbonyl (C=O) groups is 1. The summed E-state index contributed by atoms with van der Waals surface area (Å²) in [5, 5.41) is 6.65. The minimum atomic E-state index is 0.231. The van der Waals surface area contributed by atoms with E-state index in [0.717, 1.165) is 19.5 Å². The van der Waals surface area contributed by atoms with Crippen molar-refractivity contribution in [3.8, 4) is 0 Å². The summed E-state index contributed by atoms with van der Waals surface area (Å²) in [6, 6.07) is 1.05. The van der Waals surface area contributed by atoms with Crippen molar-refractivity contribution in [2.45, 2.75) is 57.5 Å². The van der Waals surface area contributed by atoms with Gasteiger partial charge in [-0.05, 0) is 38.8 Å². The van der Waals surface area contributed by atoms with Crippen molar-refractivity contribution in [3.05, 3.63) is 0 Å². The van der Waals surface area contributed by atoms with Gasteiger partial charge in [0.1, 0.15) is 0 Å². The zero-order chi connectivity index (χ0) is 12.8. The lowest BCUT2D eigenvalue weighted by molar-refractivity contribution is -0.119. The molecule has 2 N–H and O–H groups in total. The maximum atomic E-state index is 11.3. The van der Waals surface area contributed by atoms with Crippen LogP contribution in [0.15, 0.2) is 0 Å². The molecule has 0 aromatic heterocycles. The van der Waals surface area contributed by atoms with E-state index in [-0.39, 0.29) is 5.91 Å². The Morgan fingerprint density at radius 3 is 2.72 bits per heavy atom. The average molecular weight is 253 g/mol. The Balaban J connectivity index is 1.77. The van der Waals surface area contributed by atoms with E-state index < -0.39 is 0 Å². The molecule has 4 heteroatoms. The van der Waals surface area contributed by atoms with Gasteiger partial charge in [0, 0.05) is 31.6 Å². The molecule has 0 radical (unpaired) electrons. The van der Waals surface area contributed by atoms with Gasteiger partial charge in [0.15, 0.2) is 0 Å². The lowest BCUT2D eigenvalue weighted by Crippen LogP contribution is -2.44. The molecule has 4 nitrogen and oxygen atoms in total. The number of amides is 1. The molecule has 0 aromatic rings. The standard InChI is InChI=1S/C14H27N3O/c1-2-3-9-17(10-12-5-4-8-15-12)11-13-6-7-14(18)16-13/h12-13,15H,2-11H2,1H3,(H,16,18). The zero-order valence-electron chi connectivity index (χ0n) is 11.6. The van der Waals surface area contributed by atoms with Gasteiger partial charge in [-0.15, -0.1) is 0 Å². The molecule has 2 heterocycles. The van der Waals surface area contributed by atoms with Gasteiger partial charge >= 0.3 is 0 Å². The van der Waals surface area contributed by atoms with E-state index in [4.69, 9.17) is 0 Å². The van der Waals surface area contributed by atoms with Gasteiger partial charge in [-0.25, -0.2) is 0 Å². The van der Waals surface area contributed by atoms with E-state index >= 15 is 0 Å². The second-order valence-electron chi connectivity index (χ2n) is 5.71. The summed E-state index contributed by atoms with van der Waals surface area (Å²) in [7, 11) is 0. The van der Waals surface area contributed by atoms with Gasteiger partial charge in [-0.2, -0.15) is 0 Å². The Labute approximate surface area is 110 Å². The highest BCUT2D eigenvalue weighted by Crippen LogP contribution is 2.12. The monoisotopic (exact) mass is 253 g/mol. The topological polar surface area (TPSA) is 44.4 Å². The Bertz CT molecular complexity index is 264. The number of unbranched alkanes of at least 4 members (excludes halogenated alkanes) is 1. The van der Waals surface area contributed by atoms with Crippen LogP contribution in [-0.4, -0.2) is 49.1 Å². The molecule has 18 heavy (non-hydrogen) atoms. The van der Waals surface area contributed by atoms with Crippen LogP contribution >= 0.6 is 0 Å². The van der Waals surface area contributed by atoms with Crippen molar-refractivity contribution in [3.63, 3.8) is 0 Å². The highest BCUT2D eigenvalue weighted by Gasteiger charge is 2.24. The van der Waals surface area contributed by atoms with Gasteiger partial charge in [0.05, 0.1) is 0 Å². The minimum Gasteiger partial charge on any atom is -0.352 e. The summed E-state index contributed by atoms with van der Waals surface area (Å²) >= 11 is 0. The number of hydrogen-bond acceptors (Lipinski definition) is 3. The summed E-state index contributed by atoms with van der Waals surface area (Å²) in [4.78, 5) is 13.8. The molecule has 104 valence electrons. The first-order valence-corrected chi connectivity index (χ1v) is 7.53. The third-order valence-corrected chi connectivity index (χ3v) is 4.03. The number of hydrogen-bond donors (Lipinski definition) is 2.